The molecule has 0 fully saturated rings. The fourth-order valence-corrected chi connectivity index (χ4v) is 2.79. The number of aromatic nitrogens is 2. The standard InChI is InChI=1S/C19H16ClFN4O2/c1-10-15(7-6-13(9-22)16(10)20)23-17(11(2)26)19-25-24-18(27-19)12-4-3-5-14(21)8-12/h3-8,11,17,23,26H,1-2H3/t11-,17?/m0/s1. The van der Waals surface area contributed by atoms with Crippen molar-refractivity contribution in [2.45, 2.75) is 26.0 Å². The summed E-state index contributed by atoms with van der Waals surface area (Å²) in [5, 5.41) is 30.6. The average Bonchev–Trinajstić information content (AvgIpc) is 3.12. The van der Waals surface area contributed by atoms with Crippen molar-refractivity contribution in [1.29, 1.82) is 5.26 Å². The van der Waals surface area contributed by atoms with E-state index in [1.807, 2.05) is 6.07 Å². The summed E-state index contributed by atoms with van der Waals surface area (Å²) in [7, 11) is 0. The van der Waals surface area contributed by atoms with Gasteiger partial charge in [0.1, 0.15) is 17.9 Å². The minimum Gasteiger partial charge on any atom is -0.418 e. The van der Waals surface area contributed by atoms with Gasteiger partial charge in [-0.05, 0) is 49.7 Å². The van der Waals surface area contributed by atoms with Crippen LogP contribution in [0.2, 0.25) is 5.02 Å². The van der Waals surface area contributed by atoms with Crippen molar-refractivity contribution in [2.24, 2.45) is 0 Å². The topological polar surface area (TPSA) is 95.0 Å². The zero-order valence-corrected chi connectivity index (χ0v) is 15.3. The Morgan fingerprint density at radius 1 is 1.30 bits per heavy atom. The first-order valence-electron chi connectivity index (χ1n) is 8.14. The van der Waals surface area contributed by atoms with Crippen molar-refractivity contribution < 1.29 is 13.9 Å². The molecular weight excluding hydrogens is 371 g/mol. The molecule has 0 aliphatic carbocycles. The highest BCUT2D eigenvalue weighted by molar-refractivity contribution is 6.32. The van der Waals surface area contributed by atoms with E-state index in [0.717, 1.165) is 0 Å². The van der Waals surface area contributed by atoms with Crippen molar-refractivity contribution >= 4 is 17.3 Å². The van der Waals surface area contributed by atoms with Gasteiger partial charge in [0.2, 0.25) is 11.8 Å². The molecule has 3 rings (SSSR count). The van der Waals surface area contributed by atoms with Gasteiger partial charge in [-0.1, -0.05) is 17.7 Å². The van der Waals surface area contributed by atoms with E-state index >= 15 is 0 Å². The van der Waals surface area contributed by atoms with Crippen molar-refractivity contribution in [3.05, 3.63) is 64.3 Å². The molecule has 2 aromatic carbocycles. The predicted molar refractivity (Wildman–Crippen MR) is 98.6 cm³/mol. The fraction of sp³-hybridized carbons (Fsp3) is 0.211. The molecule has 27 heavy (non-hydrogen) atoms. The number of benzene rings is 2. The van der Waals surface area contributed by atoms with Gasteiger partial charge < -0.3 is 14.8 Å². The summed E-state index contributed by atoms with van der Waals surface area (Å²) in [5.41, 5.74) is 2.08. The van der Waals surface area contributed by atoms with Crippen LogP contribution >= 0.6 is 11.6 Å². The van der Waals surface area contributed by atoms with E-state index in [2.05, 4.69) is 15.5 Å². The van der Waals surface area contributed by atoms with Gasteiger partial charge in [-0.2, -0.15) is 5.26 Å². The zero-order valence-electron chi connectivity index (χ0n) is 14.6. The molecular formula is C19H16ClFN4O2. The second kappa shape index (κ2) is 7.74. The summed E-state index contributed by atoms with van der Waals surface area (Å²) >= 11 is 6.19. The maximum Gasteiger partial charge on any atom is 0.247 e. The van der Waals surface area contributed by atoms with Gasteiger partial charge in [0, 0.05) is 11.3 Å². The van der Waals surface area contributed by atoms with Gasteiger partial charge in [0.25, 0.3) is 0 Å². The third-order valence-corrected chi connectivity index (χ3v) is 4.57. The van der Waals surface area contributed by atoms with Gasteiger partial charge in [0.05, 0.1) is 16.7 Å². The summed E-state index contributed by atoms with van der Waals surface area (Å²) in [6.45, 7) is 3.33. The molecule has 0 aliphatic rings. The molecule has 2 N–H and O–H groups in total. The highest BCUT2D eigenvalue weighted by Crippen LogP contribution is 2.31. The third kappa shape index (κ3) is 3.92. The second-order valence-corrected chi connectivity index (χ2v) is 6.41. The average molecular weight is 387 g/mol. The number of nitrogens with zero attached hydrogens (tertiary/aromatic N) is 3. The lowest BCUT2D eigenvalue weighted by Gasteiger charge is -2.21. The van der Waals surface area contributed by atoms with Gasteiger partial charge in [-0.3, -0.25) is 0 Å². The fourth-order valence-electron chi connectivity index (χ4n) is 2.58. The maximum absolute atomic E-state index is 13.4. The maximum atomic E-state index is 13.4. The quantitative estimate of drug-likeness (QED) is 0.680. The SMILES string of the molecule is Cc1c(NC(c2nnc(-c3cccc(F)c3)o2)[C@H](C)O)ccc(C#N)c1Cl. The summed E-state index contributed by atoms with van der Waals surface area (Å²) in [5.74, 6) is -0.129. The van der Waals surface area contributed by atoms with Crippen molar-refractivity contribution in [3.63, 3.8) is 0 Å². The molecule has 0 spiro atoms. The predicted octanol–water partition coefficient (Wildman–Crippen LogP) is 4.24. The van der Waals surface area contributed by atoms with Crippen LogP contribution in [-0.4, -0.2) is 21.4 Å². The molecule has 0 aliphatic heterocycles. The van der Waals surface area contributed by atoms with Crippen LogP contribution in [0.1, 0.15) is 30.0 Å². The van der Waals surface area contributed by atoms with Crippen LogP contribution in [0.3, 0.4) is 0 Å². The molecule has 0 amide bonds. The van der Waals surface area contributed by atoms with Crippen LogP contribution < -0.4 is 5.32 Å². The molecule has 0 radical (unpaired) electrons. The minimum atomic E-state index is -0.875. The third-order valence-electron chi connectivity index (χ3n) is 4.08. The van der Waals surface area contributed by atoms with Crippen LogP contribution in [0.4, 0.5) is 10.1 Å². The first kappa shape index (κ1) is 18.8. The van der Waals surface area contributed by atoms with Crippen LogP contribution in [0, 0.1) is 24.1 Å². The number of halogens is 2. The largest absolute Gasteiger partial charge is 0.418 e. The number of nitriles is 1. The van der Waals surface area contributed by atoms with Gasteiger partial charge in [-0.15, -0.1) is 10.2 Å². The Balaban J connectivity index is 1.92. The normalized spacial score (nSPS) is 13.0. The number of rotatable bonds is 5. The van der Waals surface area contributed by atoms with E-state index in [9.17, 15) is 9.50 Å². The van der Waals surface area contributed by atoms with E-state index in [4.69, 9.17) is 21.3 Å². The Morgan fingerprint density at radius 2 is 2.07 bits per heavy atom. The second-order valence-electron chi connectivity index (χ2n) is 6.03. The molecule has 0 saturated heterocycles. The molecule has 1 heterocycles. The van der Waals surface area contributed by atoms with Gasteiger partial charge in [-0.25, -0.2) is 4.39 Å². The Labute approximate surface area is 160 Å². The molecule has 2 atom stereocenters. The number of nitrogens with one attached hydrogen (secondary N) is 1. The zero-order chi connectivity index (χ0) is 19.6. The van der Waals surface area contributed by atoms with Crippen LogP contribution in [0.5, 0.6) is 0 Å². The van der Waals surface area contributed by atoms with Crippen LogP contribution in [0.15, 0.2) is 40.8 Å². The lowest BCUT2D eigenvalue weighted by Crippen LogP contribution is -2.23. The van der Waals surface area contributed by atoms with Crippen molar-refractivity contribution in [3.8, 4) is 17.5 Å². The molecule has 0 bridgehead atoms. The molecule has 0 saturated carbocycles. The summed E-state index contributed by atoms with van der Waals surface area (Å²) in [4.78, 5) is 0. The van der Waals surface area contributed by atoms with E-state index in [0.29, 0.717) is 27.4 Å². The summed E-state index contributed by atoms with van der Waals surface area (Å²) in [6.07, 6.45) is -0.875. The minimum absolute atomic E-state index is 0.143. The lowest BCUT2D eigenvalue weighted by molar-refractivity contribution is 0.159. The van der Waals surface area contributed by atoms with Crippen molar-refractivity contribution in [2.75, 3.05) is 5.32 Å². The molecule has 138 valence electrons. The Morgan fingerprint density at radius 3 is 2.74 bits per heavy atom. The number of hydrogen-bond donors (Lipinski definition) is 2. The van der Waals surface area contributed by atoms with E-state index in [1.165, 1.54) is 12.1 Å². The Hall–Kier alpha value is -2.95. The van der Waals surface area contributed by atoms with E-state index in [1.54, 1.807) is 38.1 Å². The number of hydrogen-bond acceptors (Lipinski definition) is 6. The molecule has 1 unspecified atom stereocenters. The van der Waals surface area contributed by atoms with Crippen molar-refractivity contribution in [1.82, 2.24) is 10.2 Å². The summed E-state index contributed by atoms with van der Waals surface area (Å²) < 4.78 is 19.0. The lowest BCUT2D eigenvalue weighted by atomic mass is 10.1. The van der Waals surface area contributed by atoms with Crippen LogP contribution in [0.25, 0.3) is 11.5 Å². The smallest absolute Gasteiger partial charge is 0.247 e. The van der Waals surface area contributed by atoms with Crippen LogP contribution in [-0.2, 0) is 0 Å². The highest BCUT2D eigenvalue weighted by Gasteiger charge is 2.25. The monoisotopic (exact) mass is 386 g/mol. The molecule has 8 heteroatoms. The number of aliphatic hydroxyl groups excluding tert-OH is 1. The molecule has 3 aromatic rings. The van der Waals surface area contributed by atoms with E-state index < -0.39 is 18.0 Å². The van der Waals surface area contributed by atoms with E-state index in [-0.39, 0.29) is 11.8 Å². The van der Waals surface area contributed by atoms with Gasteiger partial charge in [0.15, 0.2) is 0 Å². The number of aliphatic hydroxyl groups is 1. The Kier molecular flexibility index (Phi) is 5.40. The summed E-state index contributed by atoms with van der Waals surface area (Å²) in [6, 6.07) is 10.4. The molecule has 6 nitrogen and oxygen atoms in total. The first-order chi connectivity index (χ1) is 12.9. The highest BCUT2D eigenvalue weighted by atomic mass is 35.5. The molecule has 1 aromatic heterocycles. The number of anilines is 1. The van der Waals surface area contributed by atoms with Gasteiger partial charge >= 0.3 is 0 Å². The first-order valence-corrected chi connectivity index (χ1v) is 8.51. The Bertz CT molecular complexity index is 1010.